The summed E-state index contributed by atoms with van der Waals surface area (Å²) in [5.74, 6) is -1.61. The number of anilines is 2. The van der Waals surface area contributed by atoms with Crippen LogP contribution in [0.15, 0.2) is 36.4 Å². The number of benzene rings is 2. The summed E-state index contributed by atoms with van der Waals surface area (Å²) in [6.07, 6.45) is 0. The van der Waals surface area contributed by atoms with Crippen molar-refractivity contribution in [2.45, 2.75) is 0 Å². The summed E-state index contributed by atoms with van der Waals surface area (Å²) in [6, 6.07) is 7.80. The van der Waals surface area contributed by atoms with Crippen LogP contribution in [0.1, 0.15) is 10.4 Å². The number of hydrogen-bond donors (Lipinski definition) is 2. The molecule has 25 heavy (non-hydrogen) atoms. The van der Waals surface area contributed by atoms with Gasteiger partial charge in [-0.3, -0.25) is 14.9 Å². The van der Waals surface area contributed by atoms with Crippen molar-refractivity contribution in [1.29, 1.82) is 0 Å². The Morgan fingerprint density at radius 2 is 1.92 bits per heavy atom. The standard InChI is InChI=1S/C15H11Cl2N3O5/c16-8-1-4-13(11(17)5-8)19-14(21)7-25-15(22)10-6-9(20(23)24)2-3-12(10)18/h1-6H,7,18H2,(H,19,21). The van der Waals surface area contributed by atoms with Crippen molar-refractivity contribution >= 4 is 52.1 Å². The van der Waals surface area contributed by atoms with Crippen molar-refractivity contribution in [2.24, 2.45) is 0 Å². The average molecular weight is 384 g/mol. The highest BCUT2D eigenvalue weighted by Crippen LogP contribution is 2.25. The van der Waals surface area contributed by atoms with E-state index >= 15 is 0 Å². The second-order valence-corrected chi connectivity index (χ2v) is 5.62. The lowest BCUT2D eigenvalue weighted by Crippen LogP contribution is -2.21. The van der Waals surface area contributed by atoms with Gasteiger partial charge < -0.3 is 15.8 Å². The van der Waals surface area contributed by atoms with Gasteiger partial charge in [0.1, 0.15) is 0 Å². The molecule has 0 saturated carbocycles. The first-order chi connectivity index (χ1) is 11.8. The lowest BCUT2D eigenvalue weighted by atomic mass is 10.1. The number of halogens is 2. The smallest absolute Gasteiger partial charge is 0.341 e. The summed E-state index contributed by atoms with van der Waals surface area (Å²) in [7, 11) is 0. The predicted octanol–water partition coefficient (Wildman–Crippen LogP) is 3.28. The van der Waals surface area contributed by atoms with Crippen molar-refractivity contribution in [1.82, 2.24) is 0 Å². The monoisotopic (exact) mass is 383 g/mol. The van der Waals surface area contributed by atoms with Crippen LogP contribution in [0.2, 0.25) is 10.0 Å². The number of nitrogens with two attached hydrogens (primary N) is 1. The topological polar surface area (TPSA) is 125 Å². The van der Waals surface area contributed by atoms with Crippen LogP contribution in [-0.2, 0) is 9.53 Å². The first-order valence-corrected chi connectivity index (χ1v) is 7.49. The predicted molar refractivity (Wildman–Crippen MR) is 92.9 cm³/mol. The lowest BCUT2D eigenvalue weighted by Gasteiger charge is -2.09. The van der Waals surface area contributed by atoms with E-state index in [1.807, 2.05) is 0 Å². The molecule has 2 aromatic rings. The summed E-state index contributed by atoms with van der Waals surface area (Å²) in [5, 5.41) is 13.8. The highest BCUT2D eigenvalue weighted by molar-refractivity contribution is 6.36. The summed E-state index contributed by atoms with van der Waals surface area (Å²) in [6.45, 7) is -0.625. The number of nitro benzene ring substituents is 1. The van der Waals surface area contributed by atoms with E-state index < -0.39 is 23.4 Å². The summed E-state index contributed by atoms with van der Waals surface area (Å²) >= 11 is 11.7. The quantitative estimate of drug-likeness (QED) is 0.353. The SMILES string of the molecule is Nc1ccc([N+](=O)[O-])cc1C(=O)OCC(=O)Nc1ccc(Cl)cc1Cl. The van der Waals surface area contributed by atoms with E-state index in [4.69, 9.17) is 33.7 Å². The zero-order valence-corrected chi connectivity index (χ0v) is 14.0. The van der Waals surface area contributed by atoms with Crippen molar-refractivity contribution in [3.63, 3.8) is 0 Å². The number of carbonyl (C=O) groups is 2. The Morgan fingerprint density at radius 1 is 1.20 bits per heavy atom. The normalized spacial score (nSPS) is 10.2. The number of rotatable bonds is 5. The Balaban J connectivity index is 2.01. The van der Waals surface area contributed by atoms with Crippen molar-refractivity contribution in [3.8, 4) is 0 Å². The highest BCUT2D eigenvalue weighted by Gasteiger charge is 2.18. The maximum atomic E-state index is 12.0. The molecule has 0 aliphatic heterocycles. The van der Waals surface area contributed by atoms with E-state index in [1.165, 1.54) is 24.3 Å². The molecular formula is C15H11Cl2N3O5. The molecule has 8 nitrogen and oxygen atoms in total. The Labute approximate surface area is 151 Å². The van der Waals surface area contributed by atoms with Crippen molar-refractivity contribution in [2.75, 3.05) is 17.7 Å². The van der Waals surface area contributed by atoms with Gasteiger partial charge in [0.25, 0.3) is 11.6 Å². The summed E-state index contributed by atoms with van der Waals surface area (Å²) in [5.41, 5.74) is 5.37. The maximum Gasteiger partial charge on any atom is 0.341 e. The zero-order valence-electron chi connectivity index (χ0n) is 12.5. The Morgan fingerprint density at radius 3 is 2.56 bits per heavy atom. The Bertz CT molecular complexity index is 857. The first kappa shape index (κ1) is 18.5. The molecule has 0 bridgehead atoms. The van der Waals surface area contributed by atoms with E-state index in [1.54, 1.807) is 0 Å². The Hall–Kier alpha value is -2.84. The van der Waals surface area contributed by atoms with Crippen LogP contribution in [0.4, 0.5) is 17.1 Å². The van der Waals surface area contributed by atoms with Gasteiger partial charge in [-0.25, -0.2) is 4.79 Å². The van der Waals surface area contributed by atoms with Crippen molar-refractivity contribution < 1.29 is 19.2 Å². The molecule has 10 heteroatoms. The van der Waals surface area contributed by atoms with Crippen LogP contribution in [0, 0.1) is 10.1 Å². The number of nitro groups is 1. The second kappa shape index (κ2) is 7.82. The molecule has 1 amide bonds. The minimum atomic E-state index is -0.960. The molecule has 0 radical (unpaired) electrons. The Kier molecular flexibility index (Phi) is 5.79. The van der Waals surface area contributed by atoms with E-state index in [-0.39, 0.29) is 22.0 Å². The number of nitrogen functional groups attached to an aromatic ring is 1. The van der Waals surface area contributed by atoms with Crippen LogP contribution in [0.5, 0.6) is 0 Å². The number of ether oxygens (including phenoxy) is 1. The third-order valence-electron chi connectivity index (χ3n) is 3.01. The lowest BCUT2D eigenvalue weighted by molar-refractivity contribution is -0.384. The zero-order chi connectivity index (χ0) is 18.6. The van der Waals surface area contributed by atoms with Crippen LogP contribution in [-0.4, -0.2) is 23.4 Å². The van der Waals surface area contributed by atoms with Crippen LogP contribution < -0.4 is 11.1 Å². The van der Waals surface area contributed by atoms with Gasteiger partial charge in [-0.2, -0.15) is 0 Å². The molecule has 0 aliphatic carbocycles. The largest absolute Gasteiger partial charge is 0.452 e. The summed E-state index contributed by atoms with van der Waals surface area (Å²) < 4.78 is 4.82. The molecule has 0 atom stereocenters. The molecule has 2 rings (SSSR count). The molecule has 0 unspecified atom stereocenters. The molecule has 3 N–H and O–H groups in total. The number of esters is 1. The second-order valence-electron chi connectivity index (χ2n) is 4.78. The number of carbonyl (C=O) groups excluding carboxylic acids is 2. The molecule has 0 spiro atoms. The molecule has 0 heterocycles. The van der Waals surface area contributed by atoms with E-state index in [2.05, 4.69) is 5.32 Å². The van der Waals surface area contributed by atoms with Gasteiger partial charge in [0.05, 0.1) is 21.2 Å². The molecular weight excluding hydrogens is 373 g/mol. The fourth-order valence-corrected chi connectivity index (χ4v) is 2.28. The fraction of sp³-hybridized carbons (Fsp3) is 0.0667. The average Bonchev–Trinajstić information content (AvgIpc) is 2.55. The molecule has 0 fully saturated rings. The maximum absolute atomic E-state index is 12.0. The number of amides is 1. The molecule has 0 saturated heterocycles. The molecule has 130 valence electrons. The van der Waals surface area contributed by atoms with E-state index in [9.17, 15) is 19.7 Å². The number of non-ortho nitro benzene ring substituents is 1. The number of hydrogen-bond acceptors (Lipinski definition) is 6. The third kappa shape index (κ3) is 4.82. The van der Waals surface area contributed by atoms with Gasteiger partial charge in [0, 0.05) is 22.8 Å². The van der Waals surface area contributed by atoms with Gasteiger partial charge >= 0.3 is 5.97 Å². The summed E-state index contributed by atoms with van der Waals surface area (Å²) in [4.78, 5) is 33.9. The van der Waals surface area contributed by atoms with Crippen LogP contribution >= 0.6 is 23.2 Å². The third-order valence-corrected chi connectivity index (χ3v) is 3.55. The first-order valence-electron chi connectivity index (χ1n) is 6.74. The minimum absolute atomic E-state index is 0.00301. The highest BCUT2D eigenvalue weighted by atomic mass is 35.5. The van der Waals surface area contributed by atoms with Gasteiger partial charge in [-0.15, -0.1) is 0 Å². The van der Waals surface area contributed by atoms with Gasteiger partial charge in [0.15, 0.2) is 6.61 Å². The molecule has 0 aromatic heterocycles. The van der Waals surface area contributed by atoms with Gasteiger partial charge in [-0.1, -0.05) is 23.2 Å². The van der Waals surface area contributed by atoms with E-state index in [0.29, 0.717) is 10.7 Å². The van der Waals surface area contributed by atoms with Gasteiger partial charge in [0.2, 0.25) is 0 Å². The number of nitrogens with one attached hydrogen (secondary N) is 1. The molecule has 0 aliphatic rings. The van der Waals surface area contributed by atoms with Crippen molar-refractivity contribution in [3.05, 3.63) is 62.1 Å². The fourth-order valence-electron chi connectivity index (χ4n) is 1.82. The van der Waals surface area contributed by atoms with E-state index in [0.717, 1.165) is 12.1 Å². The van der Waals surface area contributed by atoms with Gasteiger partial charge in [-0.05, 0) is 24.3 Å². The number of nitrogens with zero attached hydrogens (tertiary/aromatic N) is 1. The van der Waals surface area contributed by atoms with Crippen LogP contribution in [0.3, 0.4) is 0 Å². The minimum Gasteiger partial charge on any atom is -0.452 e. The van der Waals surface area contributed by atoms with Crippen LogP contribution in [0.25, 0.3) is 0 Å². The molecule has 2 aromatic carbocycles.